The normalized spacial score (nSPS) is 10.0. The Balaban J connectivity index is 2.76. The highest BCUT2D eigenvalue weighted by Gasteiger charge is 2.03. The molecule has 0 fully saturated rings. The van der Waals surface area contributed by atoms with Crippen molar-refractivity contribution in [3.8, 4) is 0 Å². The predicted octanol–water partition coefficient (Wildman–Crippen LogP) is 1.52. The van der Waals surface area contributed by atoms with Gasteiger partial charge in [-0.25, -0.2) is 0 Å². The van der Waals surface area contributed by atoms with Gasteiger partial charge in [-0.3, -0.25) is 4.98 Å². The van der Waals surface area contributed by atoms with Crippen molar-refractivity contribution in [3.63, 3.8) is 0 Å². The van der Waals surface area contributed by atoms with E-state index in [0.29, 0.717) is 10.7 Å². The second kappa shape index (κ2) is 5.92. The predicted molar refractivity (Wildman–Crippen MR) is 71.8 cm³/mol. The highest BCUT2D eigenvalue weighted by atomic mass is 32.2. The molecule has 0 atom stereocenters. The van der Waals surface area contributed by atoms with Crippen LogP contribution in [-0.4, -0.2) is 35.6 Å². The lowest BCUT2D eigenvalue weighted by molar-refractivity contribution is 0.974. The van der Waals surface area contributed by atoms with Crippen molar-refractivity contribution in [1.82, 2.24) is 4.98 Å². The summed E-state index contributed by atoms with van der Waals surface area (Å²) in [5, 5.41) is 0. The zero-order valence-electron chi connectivity index (χ0n) is 8.93. The molecule has 0 bridgehead atoms. The van der Waals surface area contributed by atoms with E-state index in [4.69, 9.17) is 18.0 Å². The third-order valence-electron chi connectivity index (χ3n) is 2.07. The van der Waals surface area contributed by atoms with Crippen LogP contribution in [0.1, 0.15) is 5.69 Å². The van der Waals surface area contributed by atoms with Crippen molar-refractivity contribution in [2.75, 3.05) is 30.5 Å². The number of pyridine rings is 1. The fraction of sp³-hybridized carbons (Fsp3) is 0.400. The molecule has 0 saturated heterocycles. The third kappa shape index (κ3) is 3.68. The Bertz CT molecular complexity index is 341. The Morgan fingerprint density at radius 3 is 3.00 bits per heavy atom. The molecule has 0 radical (unpaired) electrons. The van der Waals surface area contributed by atoms with Gasteiger partial charge in [0, 0.05) is 31.2 Å². The molecule has 82 valence electrons. The van der Waals surface area contributed by atoms with Gasteiger partial charge in [-0.1, -0.05) is 12.2 Å². The van der Waals surface area contributed by atoms with Crippen LogP contribution < -0.4 is 10.6 Å². The van der Waals surface area contributed by atoms with Crippen molar-refractivity contribution < 1.29 is 0 Å². The van der Waals surface area contributed by atoms with E-state index in [9.17, 15) is 0 Å². The van der Waals surface area contributed by atoms with Crippen LogP contribution >= 0.6 is 24.0 Å². The van der Waals surface area contributed by atoms with E-state index in [1.807, 2.05) is 23.9 Å². The minimum atomic E-state index is 0.343. The first-order chi connectivity index (χ1) is 7.15. The highest BCUT2D eigenvalue weighted by Crippen LogP contribution is 2.13. The number of rotatable bonds is 5. The number of thioether (sulfide) groups is 1. The van der Waals surface area contributed by atoms with Crippen molar-refractivity contribution >= 4 is 34.7 Å². The van der Waals surface area contributed by atoms with Gasteiger partial charge in [-0.15, -0.1) is 0 Å². The summed E-state index contributed by atoms with van der Waals surface area (Å²) in [5.74, 6) is 1.10. The van der Waals surface area contributed by atoms with E-state index in [2.05, 4.69) is 23.2 Å². The first-order valence-corrected chi connectivity index (χ1v) is 6.41. The number of aromatic nitrogens is 1. The van der Waals surface area contributed by atoms with Gasteiger partial charge >= 0.3 is 0 Å². The van der Waals surface area contributed by atoms with E-state index in [0.717, 1.165) is 18.0 Å². The van der Waals surface area contributed by atoms with Crippen molar-refractivity contribution in [2.24, 2.45) is 5.73 Å². The molecule has 0 spiro atoms. The summed E-state index contributed by atoms with van der Waals surface area (Å²) < 4.78 is 0. The van der Waals surface area contributed by atoms with Crippen molar-refractivity contribution in [2.45, 2.75) is 0 Å². The summed E-state index contributed by atoms with van der Waals surface area (Å²) in [4.78, 5) is 6.61. The summed E-state index contributed by atoms with van der Waals surface area (Å²) in [5.41, 5.74) is 7.31. The Kier molecular flexibility index (Phi) is 4.84. The maximum Gasteiger partial charge on any atom is 0.122 e. The van der Waals surface area contributed by atoms with Gasteiger partial charge in [0.05, 0.1) is 5.69 Å². The Morgan fingerprint density at radius 2 is 2.40 bits per heavy atom. The van der Waals surface area contributed by atoms with Crippen molar-refractivity contribution in [1.29, 1.82) is 0 Å². The molecule has 3 nitrogen and oxygen atoms in total. The largest absolute Gasteiger partial charge is 0.388 e. The Hall–Kier alpha value is -0.810. The average Bonchev–Trinajstić information content (AvgIpc) is 2.26. The third-order valence-corrected chi connectivity index (χ3v) is 2.87. The zero-order chi connectivity index (χ0) is 11.3. The van der Waals surface area contributed by atoms with Crippen LogP contribution in [0.5, 0.6) is 0 Å². The fourth-order valence-corrected chi connectivity index (χ4v) is 1.72. The molecule has 0 saturated carbocycles. The highest BCUT2D eigenvalue weighted by molar-refractivity contribution is 7.98. The second-order valence-corrected chi connectivity index (χ2v) is 4.60. The maximum absolute atomic E-state index is 5.53. The first-order valence-electron chi connectivity index (χ1n) is 4.61. The number of hydrogen-bond donors (Lipinski definition) is 1. The van der Waals surface area contributed by atoms with Gasteiger partial charge in [-0.2, -0.15) is 11.8 Å². The Morgan fingerprint density at radius 1 is 1.67 bits per heavy atom. The molecule has 2 N–H and O–H groups in total. The Labute approximate surface area is 100 Å². The van der Waals surface area contributed by atoms with E-state index in [-0.39, 0.29) is 0 Å². The summed E-state index contributed by atoms with van der Waals surface area (Å²) in [6.45, 7) is 1.00. The van der Waals surface area contributed by atoms with E-state index < -0.39 is 0 Å². The van der Waals surface area contributed by atoms with Gasteiger partial charge in [0.25, 0.3) is 0 Å². The van der Waals surface area contributed by atoms with Gasteiger partial charge in [0.2, 0.25) is 0 Å². The smallest absolute Gasteiger partial charge is 0.122 e. The number of thiocarbonyl (C=S) groups is 1. The summed E-state index contributed by atoms with van der Waals surface area (Å²) in [6, 6.07) is 3.88. The molecule has 5 heteroatoms. The standard InChI is InChI=1S/C10H15N3S2/c1-13(5-6-15-2)8-3-4-12-9(7-8)10(11)14/h3-4,7H,5-6H2,1-2H3,(H2,11,14). The second-order valence-electron chi connectivity index (χ2n) is 3.18. The molecule has 1 heterocycles. The van der Waals surface area contributed by atoms with Crippen LogP contribution in [-0.2, 0) is 0 Å². The average molecular weight is 241 g/mol. The van der Waals surface area contributed by atoms with Crippen LogP contribution in [0.2, 0.25) is 0 Å². The van der Waals surface area contributed by atoms with Crippen LogP contribution in [0, 0.1) is 0 Å². The van der Waals surface area contributed by atoms with E-state index in [1.165, 1.54) is 0 Å². The lowest BCUT2D eigenvalue weighted by Crippen LogP contribution is -2.21. The minimum Gasteiger partial charge on any atom is -0.388 e. The monoisotopic (exact) mass is 241 g/mol. The summed E-state index contributed by atoms with van der Waals surface area (Å²) in [6.07, 6.45) is 3.83. The molecule has 0 amide bonds. The first kappa shape index (κ1) is 12.3. The zero-order valence-corrected chi connectivity index (χ0v) is 10.6. The van der Waals surface area contributed by atoms with Crippen LogP contribution in [0.25, 0.3) is 0 Å². The summed E-state index contributed by atoms with van der Waals surface area (Å²) >= 11 is 6.72. The molecule has 0 aromatic carbocycles. The SMILES string of the molecule is CSCCN(C)c1ccnc(C(N)=S)c1. The van der Waals surface area contributed by atoms with Gasteiger partial charge in [-0.05, 0) is 18.4 Å². The minimum absolute atomic E-state index is 0.343. The molecule has 1 rings (SSSR count). The van der Waals surface area contributed by atoms with Gasteiger partial charge < -0.3 is 10.6 Å². The fourth-order valence-electron chi connectivity index (χ4n) is 1.15. The molecule has 1 aromatic rings. The number of hydrogen-bond acceptors (Lipinski definition) is 4. The topological polar surface area (TPSA) is 42.2 Å². The molecular weight excluding hydrogens is 226 g/mol. The van der Waals surface area contributed by atoms with Crippen molar-refractivity contribution in [3.05, 3.63) is 24.0 Å². The van der Waals surface area contributed by atoms with Crippen LogP contribution in [0.4, 0.5) is 5.69 Å². The van der Waals surface area contributed by atoms with Gasteiger partial charge in [0.15, 0.2) is 0 Å². The number of nitrogens with zero attached hydrogens (tertiary/aromatic N) is 2. The number of nitrogens with two attached hydrogens (primary N) is 1. The number of anilines is 1. The molecule has 0 unspecified atom stereocenters. The van der Waals surface area contributed by atoms with E-state index in [1.54, 1.807) is 6.20 Å². The lowest BCUT2D eigenvalue weighted by atomic mass is 10.3. The lowest BCUT2D eigenvalue weighted by Gasteiger charge is -2.18. The maximum atomic E-state index is 5.53. The molecule has 15 heavy (non-hydrogen) atoms. The van der Waals surface area contributed by atoms with E-state index >= 15 is 0 Å². The molecule has 0 aliphatic rings. The quantitative estimate of drug-likeness (QED) is 0.792. The van der Waals surface area contributed by atoms with Gasteiger partial charge in [0.1, 0.15) is 4.99 Å². The molecule has 0 aliphatic heterocycles. The molecule has 1 aromatic heterocycles. The molecule has 0 aliphatic carbocycles. The summed E-state index contributed by atoms with van der Waals surface area (Å²) in [7, 11) is 2.05. The molecular formula is C10H15N3S2. The van der Waals surface area contributed by atoms with Crippen LogP contribution in [0.15, 0.2) is 18.3 Å². The van der Waals surface area contributed by atoms with Crippen LogP contribution in [0.3, 0.4) is 0 Å².